The van der Waals surface area contributed by atoms with E-state index in [1.54, 1.807) is 7.05 Å². The van der Waals surface area contributed by atoms with Gasteiger partial charge in [-0.2, -0.15) is 0 Å². The van der Waals surface area contributed by atoms with Gasteiger partial charge in [0.25, 0.3) is 0 Å². The molecule has 24 heavy (non-hydrogen) atoms. The normalized spacial score (nSPS) is 25.7. The Morgan fingerprint density at radius 2 is 2.04 bits per heavy atom. The van der Waals surface area contributed by atoms with E-state index in [4.69, 9.17) is 14.2 Å². The van der Waals surface area contributed by atoms with E-state index < -0.39 is 0 Å². The predicted octanol–water partition coefficient (Wildman–Crippen LogP) is 0.456. The Balaban J connectivity index is 1.76. The standard InChI is InChI=1S/C17H34N4O3/c1-14(11-24-15-5-8-23-12-15)20-16(18-2)19-13-17(21(3)4)6-9-22-10-7-17/h14-15H,5-13H2,1-4H3,(H2,18,19,20). The molecule has 2 heterocycles. The molecular formula is C17H34N4O3. The van der Waals surface area contributed by atoms with Crippen LogP contribution in [0.15, 0.2) is 4.99 Å². The third-order valence-electron chi connectivity index (χ3n) is 5.03. The van der Waals surface area contributed by atoms with Gasteiger partial charge in [0.05, 0.1) is 19.3 Å². The van der Waals surface area contributed by atoms with Gasteiger partial charge < -0.3 is 29.7 Å². The van der Waals surface area contributed by atoms with Crippen molar-refractivity contribution < 1.29 is 14.2 Å². The molecule has 0 spiro atoms. The second kappa shape index (κ2) is 9.56. The van der Waals surface area contributed by atoms with E-state index in [1.807, 2.05) is 0 Å². The third kappa shape index (κ3) is 5.58. The highest BCUT2D eigenvalue weighted by molar-refractivity contribution is 5.80. The van der Waals surface area contributed by atoms with E-state index in [2.05, 4.69) is 41.5 Å². The Hall–Kier alpha value is -0.890. The van der Waals surface area contributed by atoms with Crippen LogP contribution in [0, 0.1) is 0 Å². The largest absolute Gasteiger partial charge is 0.381 e. The number of likely N-dealkylation sites (N-methyl/N-ethyl adjacent to an activating group) is 1. The molecule has 2 rings (SSSR count). The van der Waals surface area contributed by atoms with Gasteiger partial charge in [-0.3, -0.25) is 4.99 Å². The Morgan fingerprint density at radius 3 is 2.62 bits per heavy atom. The van der Waals surface area contributed by atoms with E-state index >= 15 is 0 Å². The number of guanidine groups is 1. The fourth-order valence-electron chi connectivity index (χ4n) is 3.18. The molecule has 2 unspecified atom stereocenters. The fourth-order valence-corrected chi connectivity index (χ4v) is 3.18. The zero-order valence-corrected chi connectivity index (χ0v) is 15.6. The van der Waals surface area contributed by atoms with Crippen molar-refractivity contribution in [2.45, 2.75) is 43.9 Å². The minimum atomic E-state index is 0.122. The lowest BCUT2D eigenvalue weighted by molar-refractivity contribution is -0.00509. The van der Waals surface area contributed by atoms with E-state index in [1.165, 1.54) is 0 Å². The van der Waals surface area contributed by atoms with Crippen molar-refractivity contribution in [2.24, 2.45) is 4.99 Å². The molecule has 7 heteroatoms. The molecule has 0 aromatic rings. The molecular weight excluding hydrogens is 308 g/mol. The van der Waals surface area contributed by atoms with Crippen LogP contribution in [0.3, 0.4) is 0 Å². The minimum Gasteiger partial charge on any atom is -0.381 e. The second-order valence-corrected chi connectivity index (χ2v) is 7.02. The zero-order chi connectivity index (χ0) is 17.4. The Labute approximate surface area is 146 Å². The van der Waals surface area contributed by atoms with Gasteiger partial charge in [-0.15, -0.1) is 0 Å². The van der Waals surface area contributed by atoms with Gasteiger partial charge in [-0.05, 0) is 40.3 Å². The molecule has 2 saturated heterocycles. The van der Waals surface area contributed by atoms with E-state index in [9.17, 15) is 0 Å². The summed E-state index contributed by atoms with van der Waals surface area (Å²) in [4.78, 5) is 6.66. The Bertz CT molecular complexity index is 391. The van der Waals surface area contributed by atoms with E-state index in [-0.39, 0.29) is 17.7 Å². The summed E-state index contributed by atoms with van der Waals surface area (Å²) in [5, 5.41) is 6.89. The van der Waals surface area contributed by atoms with Crippen LogP contribution >= 0.6 is 0 Å². The van der Waals surface area contributed by atoms with Crippen molar-refractivity contribution >= 4 is 5.96 Å². The number of hydrogen-bond acceptors (Lipinski definition) is 5. The van der Waals surface area contributed by atoms with Crippen LogP contribution < -0.4 is 10.6 Å². The Kier molecular flexibility index (Phi) is 7.74. The first kappa shape index (κ1) is 19.4. The first-order valence-electron chi connectivity index (χ1n) is 8.97. The second-order valence-electron chi connectivity index (χ2n) is 7.02. The first-order chi connectivity index (χ1) is 11.6. The average Bonchev–Trinajstić information content (AvgIpc) is 3.11. The van der Waals surface area contributed by atoms with Gasteiger partial charge in [-0.1, -0.05) is 0 Å². The minimum absolute atomic E-state index is 0.122. The van der Waals surface area contributed by atoms with Gasteiger partial charge in [-0.25, -0.2) is 0 Å². The van der Waals surface area contributed by atoms with E-state index in [0.29, 0.717) is 13.2 Å². The smallest absolute Gasteiger partial charge is 0.191 e. The maximum absolute atomic E-state index is 5.87. The molecule has 0 aromatic heterocycles. The number of hydrogen-bond donors (Lipinski definition) is 2. The van der Waals surface area contributed by atoms with Crippen molar-refractivity contribution in [1.29, 1.82) is 0 Å². The maximum atomic E-state index is 5.87. The first-order valence-corrected chi connectivity index (χ1v) is 8.97. The SMILES string of the molecule is CN=C(NCC1(N(C)C)CCOCC1)NC(C)COC1CCOC1. The van der Waals surface area contributed by atoms with Gasteiger partial charge in [0.15, 0.2) is 5.96 Å². The van der Waals surface area contributed by atoms with Crippen molar-refractivity contribution in [2.75, 3.05) is 60.7 Å². The summed E-state index contributed by atoms with van der Waals surface area (Å²) in [5.41, 5.74) is 0.122. The highest BCUT2D eigenvalue weighted by atomic mass is 16.5. The molecule has 0 amide bonds. The molecule has 0 saturated carbocycles. The summed E-state index contributed by atoms with van der Waals surface area (Å²) in [6, 6.07) is 0.196. The van der Waals surface area contributed by atoms with Crippen molar-refractivity contribution in [3.8, 4) is 0 Å². The lowest BCUT2D eigenvalue weighted by atomic mass is 9.88. The number of rotatable bonds is 7. The zero-order valence-electron chi connectivity index (χ0n) is 15.6. The van der Waals surface area contributed by atoms with Crippen LogP contribution in [0.2, 0.25) is 0 Å². The fraction of sp³-hybridized carbons (Fsp3) is 0.941. The van der Waals surface area contributed by atoms with Gasteiger partial charge >= 0.3 is 0 Å². The highest BCUT2D eigenvalue weighted by Crippen LogP contribution is 2.24. The van der Waals surface area contributed by atoms with Gasteiger partial charge in [0, 0.05) is 45.0 Å². The summed E-state index contributed by atoms with van der Waals surface area (Å²) in [7, 11) is 6.09. The molecule has 140 valence electrons. The number of ether oxygens (including phenoxy) is 3. The summed E-state index contributed by atoms with van der Waals surface area (Å²) in [5.74, 6) is 0.821. The van der Waals surface area contributed by atoms with Crippen LogP contribution in [0.1, 0.15) is 26.2 Å². The summed E-state index contributed by atoms with van der Waals surface area (Å²) < 4.78 is 16.7. The van der Waals surface area contributed by atoms with Crippen LogP contribution in [0.4, 0.5) is 0 Å². The van der Waals surface area contributed by atoms with Crippen molar-refractivity contribution in [3.63, 3.8) is 0 Å². The molecule has 2 atom stereocenters. The van der Waals surface area contributed by atoms with Gasteiger partial charge in [0.2, 0.25) is 0 Å². The molecule has 2 aliphatic rings. The lowest BCUT2D eigenvalue weighted by Gasteiger charge is -2.43. The van der Waals surface area contributed by atoms with Crippen LogP contribution in [0.25, 0.3) is 0 Å². The molecule has 0 aliphatic carbocycles. The third-order valence-corrected chi connectivity index (χ3v) is 5.03. The van der Waals surface area contributed by atoms with Crippen LogP contribution in [-0.4, -0.2) is 89.3 Å². The molecule has 7 nitrogen and oxygen atoms in total. The summed E-state index contributed by atoms with van der Waals surface area (Å²) in [6.07, 6.45) is 3.30. The monoisotopic (exact) mass is 342 g/mol. The quantitative estimate of drug-likeness (QED) is 0.517. The van der Waals surface area contributed by atoms with Crippen LogP contribution in [-0.2, 0) is 14.2 Å². The van der Waals surface area contributed by atoms with Crippen LogP contribution in [0.5, 0.6) is 0 Å². The van der Waals surface area contributed by atoms with Gasteiger partial charge in [0.1, 0.15) is 0 Å². The number of aliphatic imine (C=N–C) groups is 1. The molecule has 0 aromatic carbocycles. The molecule has 0 radical (unpaired) electrons. The maximum Gasteiger partial charge on any atom is 0.191 e. The Morgan fingerprint density at radius 1 is 1.29 bits per heavy atom. The molecule has 0 bridgehead atoms. The topological polar surface area (TPSA) is 67.4 Å². The van der Waals surface area contributed by atoms with Crippen molar-refractivity contribution in [1.82, 2.24) is 15.5 Å². The van der Waals surface area contributed by atoms with Crippen molar-refractivity contribution in [3.05, 3.63) is 0 Å². The molecule has 2 N–H and O–H groups in total. The van der Waals surface area contributed by atoms with E-state index in [0.717, 1.165) is 51.6 Å². The number of nitrogens with one attached hydrogen (secondary N) is 2. The molecule has 2 aliphatic heterocycles. The summed E-state index contributed by atoms with van der Waals surface area (Å²) >= 11 is 0. The average molecular weight is 342 g/mol. The predicted molar refractivity (Wildman–Crippen MR) is 95.6 cm³/mol. The summed E-state index contributed by atoms with van der Waals surface area (Å²) in [6.45, 7) is 6.78. The highest BCUT2D eigenvalue weighted by Gasteiger charge is 2.34. The number of nitrogens with zero attached hydrogens (tertiary/aromatic N) is 2. The molecule has 2 fully saturated rings. The lowest BCUT2D eigenvalue weighted by Crippen LogP contribution is -2.57.